The second-order valence-electron chi connectivity index (χ2n) is 12.8. The van der Waals surface area contributed by atoms with E-state index in [1.54, 1.807) is 0 Å². The van der Waals surface area contributed by atoms with Gasteiger partial charge in [0.05, 0.1) is 0 Å². The van der Waals surface area contributed by atoms with Gasteiger partial charge in [0.15, 0.2) is 0 Å². The minimum Gasteiger partial charge on any atom is -0.347 e. The summed E-state index contributed by atoms with van der Waals surface area (Å²) in [6.45, 7) is 11.2. The quantitative estimate of drug-likeness (QED) is 0.236. The third-order valence-electron chi connectivity index (χ3n) is 8.91. The zero-order valence-corrected chi connectivity index (χ0v) is 26.2. The molecular weight excluding hydrogens is 522 g/mol. The highest BCUT2D eigenvalue weighted by Crippen LogP contribution is 2.46. The Labute approximate surface area is 257 Å². The summed E-state index contributed by atoms with van der Waals surface area (Å²) in [6.07, 6.45) is 16.4. The number of fused-ring (bicyclic) bond motifs is 1. The average molecular weight is 565 g/mol. The maximum Gasteiger partial charge on any atom is 0.243 e. The number of nitrogens with one attached hydrogen (secondary N) is 1. The Morgan fingerprint density at radius 1 is 0.791 bits per heavy atom. The van der Waals surface area contributed by atoms with Crippen LogP contribution in [0.2, 0.25) is 0 Å². The van der Waals surface area contributed by atoms with Crippen molar-refractivity contribution in [2.24, 2.45) is 0 Å². The molecule has 0 saturated heterocycles. The molecule has 6 rings (SSSR count). The Bertz CT molecular complexity index is 1770. The van der Waals surface area contributed by atoms with Crippen LogP contribution in [0.1, 0.15) is 49.6 Å². The number of aromatic nitrogens is 1. The number of para-hydroxylation sites is 1. The Balaban J connectivity index is 1.51. The largest absolute Gasteiger partial charge is 0.347 e. The van der Waals surface area contributed by atoms with E-state index in [1.807, 2.05) is 0 Å². The summed E-state index contributed by atoms with van der Waals surface area (Å²) in [5.41, 5.74) is 15.8. The number of pyridine rings is 1. The molecule has 3 nitrogen and oxygen atoms in total. The van der Waals surface area contributed by atoms with Crippen LogP contribution in [0.25, 0.3) is 28.5 Å². The molecule has 0 bridgehead atoms. The first-order valence-corrected chi connectivity index (χ1v) is 15.2. The molecule has 0 radical (unpaired) electrons. The van der Waals surface area contributed by atoms with E-state index in [0.717, 1.165) is 17.8 Å². The summed E-state index contributed by atoms with van der Waals surface area (Å²) in [5.74, 6) is 0. The van der Waals surface area contributed by atoms with E-state index in [2.05, 4.69) is 184 Å². The smallest absolute Gasteiger partial charge is 0.243 e. The molecule has 1 unspecified atom stereocenters. The molecule has 1 aliphatic carbocycles. The lowest BCUT2D eigenvalue weighted by Gasteiger charge is -2.26. The SMILES string of the molecule is Cc1ccc(-c2cc(C=CC=C3N(C)c4ccccc4C3(C)C)[n+](NC3(C)C=CC=CC3)c(-c3ccc(C)cc3)c2)cc1. The van der Waals surface area contributed by atoms with Crippen molar-refractivity contribution in [3.63, 3.8) is 0 Å². The van der Waals surface area contributed by atoms with Crippen LogP contribution in [-0.2, 0) is 5.41 Å². The van der Waals surface area contributed by atoms with Crippen LogP contribution >= 0.6 is 0 Å². The van der Waals surface area contributed by atoms with Crippen molar-refractivity contribution in [3.8, 4) is 22.4 Å². The molecule has 0 fully saturated rings. The Morgan fingerprint density at radius 3 is 2.12 bits per heavy atom. The van der Waals surface area contributed by atoms with E-state index in [4.69, 9.17) is 0 Å². The van der Waals surface area contributed by atoms with Crippen LogP contribution in [0.5, 0.6) is 0 Å². The van der Waals surface area contributed by atoms with Crippen LogP contribution in [0, 0.1) is 13.8 Å². The van der Waals surface area contributed by atoms with Crippen molar-refractivity contribution in [1.29, 1.82) is 0 Å². The Hall–Kier alpha value is -4.63. The molecule has 2 heterocycles. The van der Waals surface area contributed by atoms with Crippen molar-refractivity contribution in [2.75, 3.05) is 17.4 Å². The number of nitrogens with zero attached hydrogens (tertiary/aromatic N) is 2. The fourth-order valence-electron chi connectivity index (χ4n) is 6.32. The van der Waals surface area contributed by atoms with Crippen molar-refractivity contribution in [1.82, 2.24) is 0 Å². The van der Waals surface area contributed by atoms with Crippen molar-refractivity contribution in [2.45, 2.75) is 52.0 Å². The fourth-order valence-corrected chi connectivity index (χ4v) is 6.32. The van der Waals surface area contributed by atoms with Gasteiger partial charge in [0.1, 0.15) is 5.54 Å². The predicted octanol–water partition coefficient (Wildman–Crippen LogP) is 9.07. The van der Waals surface area contributed by atoms with Gasteiger partial charge in [-0.3, -0.25) is 0 Å². The number of anilines is 1. The average Bonchev–Trinajstić information content (AvgIpc) is 3.19. The van der Waals surface area contributed by atoms with E-state index in [-0.39, 0.29) is 11.0 Å². The van der Waals surface area contributed by atoms with E-state index in [1.165, 1.54) is 44.8 Å². The van der Waals surface area contributed by atoms with Crippen LogP contribution in [0.3, 0.4) is 0 Å². The van der Waals surface area contributed by atoms with Gasteiger partial charge in [0.2, 0.25) is 11.4 Å². The van der Waals surface area contributed by atoms with Gasteiger partial charge in [0, 0.05) is 47.6 Å². The summed E-state index contributed by atoms with van der Waals surface area (Å²) < 4.78 is 2.28. The molecule has 1 aromatic heterocycles. The molecule has 2 aliphatic rings. The third-order valence-corrected chi connectivity index (χ3v) is 8.91. The topological polar surface area (TPSA) is 19.1 Å². The van der Waals surface area contributed by atoms with Crippen molar-refractivity contribution < 1.29 is 4.68 Å². The molecule has 1 aliphatic heterocycles. The molecule has 1 atom stereocenters. The molecule has 4 aromatic rings. The zero-order chi connectivity index (χ0) is 30.2. The van der Waals surface area contributed by atoms with Crippen LogP contribution < -0.4 is 15.0 Å². The molecular formula is C40H42N3+. The lowest BCUT2D eigenvalue weighted by atomic mass is 9.84. The van der Waals surface area contributed by atoms with Crippen LogP contribution in [0.4, 0.5) is 5.69 Å². The van der Waals surface area contributed by atoms with Gasteiger partial charge in [0.25, 0.3) is 0 Å². The van der Waals surface area contributed by atoms with E-state index >= 15 is 0 Å². The Morgan fingerprint density at radius 2 is 1.47 bits per heavy atom. The van der Waals surface area contributed by atoms with E-state index in [0.29, 0.717) is 0 Å². The Kier molecular flexibility index (Phi) is 7.43. The number of benzene rings is 3. The summed E-state index contributed by atoms with van der Waals surface area (Å²) in [7, 11) is 2.17. The molecule has 216 valence electrons. The first-order valence-electron chi connectivity index (χ1n) is 15.2. The lowest BCUT2D eigenvalue weighted by molar-refractivity contribution is -0.646. The number of aryl methyl sites for hydroxylation is 2. The maximum atomic E-state index is 3.91. The van der Waals surface area contributed by atoms with E-state index < -0.39 is 0 Å². The molecule has 43 heavy (non-hydrogen) atoms. The second kappa shape index (κ2) is 11.2. The molecule has 3 heteroatoms. The first-order chi connectivity index (χ1) is 20.6. The maximum absolute atomic E-state index is 3.91. The number of hydrogen-bond donors (Lipinski definition) is 1. The summed E-state index contributed by atoms with van der Waals surface area (Å²) >= 11 is 0. The number of rotatable bonds is 6. The number of allylic oxidation sites excluding steroid dienone is 5. The molecule has 0 spiro atoms. The van der Waals surface area contributed by atoms with E-state index in [9.17, 15) is 0 Å². The van der Waals surface area contributed by atoms with Gasteiger partial charge in [-0.25, -0.2) is 0 Å². The second-order valence-corrected chi connectivity index (χ2v) is 12.8. The number of likely N-dealkylation sites (N-methyl/N-ethyl adjacent to an activating group) is 1. The zero-order valence-electron chi connectivity index (χ0n) is 26.2. The van der Waals surface area contributed by atoms with Crippen LogP contribution in [-0.4, -0.2) is 12.6 Å². The lowest BCUT2D eigenvalue weighted by Crippen LogP contribution is -2.58. The minimum atomic E-state index is -0.222. The van der Waals surface area contributed by atoms with Gasteiger partial charge < -0.3 is 4.90 Å². The number of hydrogen-bond acceptors (Lipinski definition) is 2. The van der Waals surface area contributed by atoms with Gasteiger partial charge in [-0.15, -0.1) is 0 Å². The first kappa shape index (κ1) is 28.5. The standard InChI is InChI=1S/C40H42N3/c1-29-17-21-31(22-18-29)33-27-34(13-12-16-38-39(3,4)35-14-8-9-15-36(35)42(38)6)43(41-40(5)25-10-7-11-26-40)37(28-33)32-23-19-30(2)20-24-32/h7-25,27-28,41H,26H2,1-6H3/q+1. The van der Waals surface area contributed by atoms with Gasteiger partial charge in [-0.05, 0) is 68.2 Å². The molecule has 0 amide bonds. The summed E-state index contributed by atoms with van der Waals surface area (Å²) in [6, 6.07) is 31.0. The molecule has 3 aromatic carbocycles. The highest BCUT2D eigenvalue weighted by atomic mass is 15.4. The normalized spacial score (nSPS) is 19.8. The molecule has 0 saturated carbocycles. The summed E-state index contributed by atoms with van der Waals surface area (Å²) in [5, 5.41) is 0. The van der Waals surface area contributed by atoms with Crippen molar-refractivity contribution in [3.05, 3.63) is 149 Å². The predicted molar refractivity (Wildman–Crippen MR) is 183 cm³/mol. The molecule has 1 N–H and O–H groups in total. The van der Waals surface area contributed by atoms with Gasteiger partial charge >= 0.3 is 0 Å². The monoisotopic (exact) mass is 564 g/mol. The minimum absolute atomic E-state index is 0.0760. The third kappa shape index (κ3) is 5.60. The van der Waals surface area contributed by atoms with Gasteiger partial charge in [-0.1, -0.05) is 115 Å². The van der Waals surface area contributed by atoms with Gasteiger partial charge in [-0.2, -0.15) is 5.43 Å². The van der Waals surface area contributed by atoms with Crippen molar-refractivity contribution >= 4 is 11.8 Å². The highest BCUT2D eigenvalue weighted by molar-refractivity contribution is 5.73. The highest BCUT2D eigenvalue weighted by Gasteiger charge is 2.37. The fraction of sp³-hybridized carbons (Fsp3) is 0.225. The summed E-state index contributed by atoms with van der Waals surface area (Å²) in [4.78, 5) is 2.33. The van der Waals surface area contributed by atoms with Crippen LogP contribution in [0.15, 0.2) is 127 Å².